The normalized spacial score (nSPS) is 11.7. The van der Waals surface area contributed by atoms with Crippen LogP contribution in [0, 0.1) is 0 Å². The quantitative estimate of drug-likeness (QED) is 0.153. The Morgan fingerprint density at radius 1 is 0.150 bits per heavy atom. The lowest BCUT2D eigenvalue weighted by atomic mass is 9.91. The number of rotatable bonds is 5. The molecule has 0 fully saturated rings. The van der Waals surface area contributed by atoms with Gasteiger partial charge in [0.25, 0.3) is 0 Å². The van der Waals surface area contributed by atoms with E-state index in [9.17, 15) is 0 Å². The van der Waals surface area contributed by atoms with Crippen LogP contribution in [0.3, 0.4) is 0 Å². The highest BCUT2D eigenvalue weighted by Gasteiger charge is 2.13. The van der Waals surface area contributed by atoms with Crippen LogP contribution in [0.25, 0.3) is 120 Å². The molecular weight excluding hydrogens is 721 g/mol. The molecule has 12 aromatic rings. The third-order valence-electron chi connectivity index (χ3n) is 12.6. The third kappa shape index (κ3) is 5.76. The van der Waals surface area contributed by atoms with Gasteiger partial charge in [-0.05, 0) is 157 Å². The molecule has 0 amide bonds. The van der Waals surface area contributed by atoms with Gasteiger partial charge in [0.15, 0.2) is 0 Å². The molecule has 0 saturated carbocycles. The van der Waals surface area contributed by atoms with E-state index in [2.05, 4.69) is 231 Å². The number of hydrogen-bond donors (Lipinski definition) is 0. The highest BCUT2D eigenvalue weighted by atomic mass is 14.2. The molecule has 0 N–H and O–H groups in total. The molecule has 0 radical (unpaired) electrons. The first-order chi connectivity index (χ1) is 29.7. The topological polar surface area (TPSA) is 0 Å². The van der Waals surface area contributed by atoms with Crippen molar-refractivity contribution in [2.75, 3.05) is 0 Å². The predicted molar refractivity (Wildman–Crippen MR) is 259 cm³/mol. The fraction of sp³-hybridized carbons (Fsp3) is 0. The fourth-order valence-corrected chi connectivity index (χ4v) is 9.61. The fourth-order valence-electron chi connectivity index (χ4n) is 9.61. The summed E-state index contributed by atoms with van der Waals surface area (Å²) in [5.74, 6) is 0. The first-order valence-electron chi connectivity index (χ1n) is 20.8. The van der Waals surface area contributed by atoms with Crippen molar-refractivity contribution in [1.82, 2.24) is 0 Å². The van der Waals surface area contributed by atoms with Gasteiger partial charge in [0.2, 0.25) is 0 Å². The Labute approximate surface area is 349 Å². The number of fused-ring (bicyclic) bond motifs is 9. The molecule has 12 rings (SSSR count). The van der Waals surface area contributed by atoms with E-state index in [4.69, 9.17) is 0 Å². The minimum absolute atomic E-state index is 1.22. The lowest BCUT2D eigenvalue weighted by Crippen LogP contribution is -1.87. The maximum atomic E-state index is 2.35. The van der Waals surface area contributed by atoms with E-state index in [-0.39, 0.29) is 0 Å². The van der Waals surface area contributed by atoms with Crippen molar-refractivity contribution in [2.45, 2.75) is 0 Å². The van der Waals surface area contributed by atoms with Crippen LogP contribution in [-0.4, -0.2) is 0 Å². The lowest BCUT2D eigenvalue weighted by molar-refractivity contribution is 1.59. The molecule has 0 aliphatic rings. The maximum Gasteiger partial charge on any atom is -0.00988 e. The largest absolute Gasteiger partial charge is 0.0622 e. The van der Waals surface area contributed by atoms with E-state index in [1.165, 1.54) is 120 Å². The van der Waals surface area contributed by atoms with Gasteiger partial charge in [-0.1, -0.05) is 194 Å². The second kappa shape index (κ2) is 13.9. The summed E-state index contributed by atoms with van der Waals surface area (Å²) < 4.78 is 0. The second-order valence-corrected chi connectivity index (χ2v) is 16.1. The molecule has 60 heavy (non-hydrogen) atoms. The van der Waals surface area contributed by atoms with E-state index < -0.39 is 0 Å². The Morgan fingerprint density at radius 3 is 1.12 bits per heavy atom. The smallest absolute Gasteiger partial charge is 0.00988 e. The van der Waals surface area contributed by atoms with Crippen LogP contribution in [0.4, 0.5) is 0 Å². The van der Waals surface area contributed by atoms with Crippen molar-refractivity contribution in [3.8, 4) is 55.6 Å². The Bertz CT molecular complexity index is 3650. The summed E-state index contributed by atoms with van der Waals surface area (Å²) in [7, 11) is 0. The van der Waals surface area contributed by atoms with Gasteiger partial charge in [-0.15, -0.1) is 0 Å². The molecule has 0 saturated heterocycles. The standard InChI is InChI=1S/C60H38/c1-2-11-39(12-3-1)51-16-6-7-17-52(51)50-28-32-57-49(37-50)24-23-48-36-43(27-31-56(48)57)42-26-30-55-47(35-42)22-21-46-34-41(25-29-54(46)55)40-14-10-15-44(33-40)60-38-45-13-4-5-18-53(45)58-19-8-9-20-59(58)60/h1-38H. The molecule has 0 bridgehead atoms. The molecule has 12 aromatic carbocycles. The molecule has 0 aliphatic carbocycles. The minimum atomic E-state index is 1.22. The lowest BCUT2D eigenvalue weighted by Gasteiger charge is -2.13. The molecule has 0 aromatic heterocycles. The summed E-state index contributed by atoms with van der Waals surface area (Å²) in [6.07, 6.45) is 0. The summed E-state index contributed by atoms with van der Waals surface area (Å²) in [6, 6.07) is 85.0. The maximum absolute atomic E-state index is 2.35. The predicted octanol–water partition coefficient (Wildman–Crippen LogP) is 16.9. The van der Waals surface area contributed by atoms with Gasteiger partial charge in [-0.3, -0.25) is 0 Å². The summed E-state index contributed by atoms with van der Waals surface area (Å²) in [5.41, 5.74) is 12.4. The summed E-state index contributed by atoms with van der Waals surface area (Å²) in [4.78, 5) is 0. The zero-order chi connectivity index (χ0) is 39.6. The molecule has 0 heteroatoms. The Hall–Kier alpha value is -7.80. The van der Waals surface area contributed by atoms with Gasteiger partial charge in [0, 0.05) is 0 Å². The average Bonchev–Trinajstić information content (AvgIpc) is 3.33. The molecule has 0 spiro atoms. The van der Waals surface area contributed by atoms with E-state index >= 15 is 0 Å². The first kappa shape index (κ1) is 34.3. The van der Waals surface area contributed by atoms with Crippen molar-refractivity contribution in [3.05, 3.63) is 231 Å². The molecule has 0 nitrogen and oxygen atoms in total. The number of benzene rings is 12. The summed E-state index contributed by atoms with van der Waals surface area (Å²) in [6.45, 7) is 0. The van der Waals surface area contributed by atoms with Crippen LogP contribution in [0.15, 0.2) is 231 Å². The van der Waals surface area contributed by atoms with Crippen molar-refractivity contribution < 1.29 is 0 Å². The van der Waals surface area contributed by atoms with E-state index in [0.717, 1.165) is 0 Å². The van der Waals surface area contributed by atoms with Crippen LogP contribution in [-0.2, 0) is 0 Å². The zero-order valence-corrected chi connectivity index (χ0v) is 32.9. The molecule has 278 valence electrons. The average molecular weight is 759 g/mol. The Kier molecular flexibility index (Phi) is 7.96. The van der Waals surface area contributed by atoms with Crippen molar-refractivity contribution >= 4 is 64.6 Å². The minimum Gasteiger partial charge on any atom is -0.0622 e. The Balaban J connectivity index is 0.861. The molecule has 0 unspecified atom stereocenters. The molecule has 0 aliphatic heterocycles. The van der Waals surface area contributed by atoms with Crippen molar-refractivity contribution in [3.63, 3.8) is 0 Å². The molecule has 0 heterocycles. The van der Waals surface area contributed by atoms with Crippen LogP contribution >= 0.6 is 0 Å². The van der Waals surface area contributed by atoms with Gasteiger partial charge < -0.3 is 0 Å². The van der Waals surface area contributed by atoms with Crippen LogP contribution in [0.5, 0.6) is 0 Å². The van der Waals surface area contributed by atoms with E-state index in [0.29, 0.717) is 0 Å². The van der Waals surface area contributed by atoms with Gasteiger partial charge >= 0.3 is 0 Å². The van der Waals surface area contributed by atoms with Crippen LogP contribution in [0.2, 0.25) is 0 Å². The second-order valence-electron chi connectivity index (χ2n) is 16.1. The first-order valence-corrected chi connectivity index (χ1v) is 20.8. The monoisotopic (exact) mass is 758 g/mol. The van der Waals surface area contributed by atoms with Gasteiger partial charge in [0.1, 0.15) is 0 Å². The van der Waals surface area contributed by atoms with Crippen molar-refractivity contribution in [1.29, 1.82) is 0 Å². The van der Waals surface area contributed by atoms with Gasteiger partial charge in [0.05, 0.1) is 0 Å². The van der Waals surface area contributed by atoms with E-state index in [1.807, 2.05) is 0 Å². The van der Waals surface area contributed by atoms with Gasteiger partial charge in [-0.25, -0.2) is 0 Å². The van der Waals surface area contributed by atoms with E-state index in [1.54, 1.807) is 0 Å². The molecule has 0 atom stereocenters. The highest BCUT2D eigenvalue weighted by molar-refractivity contribution is 6.15. The SMILES string of the molecule is c1ccc(-c2ccccc2-c2ccc3c(ccc4cc(-c5ccc6c(ccc7cc(-c8cccc(-c9cc%10ccccc%10c%10ccccc9%10)c8)ccc76)c5)ccc43)c2)cc1. The van der Waals surface area contributed by atoms with Crippen LogP contribution in [0.1, 0.15) is 0 Å². The zero-order valence-electron chi connectivity index (χ0n) is 32.9. The summed E-state index contributed by atoms with van der Waals surface area (Å²) in [5, 5.41) is 15.2. The third-order valence-corrected chi connectivity index (χ3v) is 12.6. The Morgan fingerprint density at radius 2 is 0.517 bits per heavy atom. The molecular formula is C60H38. The number of hydrogen-bond acceptors (Lipinski definition) is 0. The van der Waals surface area contributed by atoms with Crippen molar-refractivity contribution in [2.24, 2.45) is 0 Å². The summed E-state index contributed by atoms with van der Waals surface area (Å²) >= 11 is 0. The van der Waals surface area contributed by atoms with Crippen LogP contribution < -0.4 is 0 Å². The highest BCUT2D eigenvalue weighted by Crippen LogP contribution is 2.39. The van der Waals surface area contributed by atoms with Gasteiger partial charge in [-0.2, -0.15) is 0 Å².